The molecule has 130 valence electrons. The molecule has 1 atom stereocenters. The Morgan fingerprint density at radius 3 is 2.50 bits per heavy atom. The number of hydrogen-bond acceptors (Lipinski definition) is 0. The Bertz CT molecular complexity index is 889. The monoisotopic (exact) mass is 338 g/mol. The van der Waals surface area contributed by atoms with E-state index < -0.39 is 0 Å². The van der Waals surface area contributed by atoms with Crippen LogP contribution < -0.4 is 0 Å². The van der Waals surface area contributed by atoms with Crippen molar-refractivity contribution < 1.29 is 0 Å². The zero-order valence-electron chi connectivity index (χ0n) is 15.3. The maximum atomic E-state index is 2.47. The molecule has 0 heteroatoms. The minimum atomic E-state index is 0.662. The van der Waals surface area contributed by atoms with E-state index >= 15 is 0 Å². The van der Waals surface area contributed by atoms with Crippen molar-refractivity contribution >= 4 is 17.2 Å². The number of fused-ring (bicyclic) bond motifs is 1. The lowest BCUT2D eigenvalue weighted by Crippen LogP contribution is -2.13. The summed E-state index contributed by atoms with van der Waals surface area (Å²) in [5, 5.41) is 0. The normalized spacial score (nSPS) is 22.2. The summed E-state index contributed by atoms with van der Waals surface area (Å²) in [4.78, 5) is 0. The Labute approximate surface area is 157 Å². The Morgan fingerprint density at radius 1 is 0.808 bits per heavy atom. The summed E-state index contributed by atoms with van der Waals surface area (Å²) >= 11 is 0. The van der Waals surface area contributed by atoms with Crippen molar-refractivity contribution in [3.63, 3.8) is 0 Å². The lowest BCUT2D eigenvalue weighted by Gasteiger charge is -2.27. The molecule has 0 amide bonds. The third-order valence-corrected chi connectivity index (χ3v) is 6.44. The van der Waals surface area contributed by atoms with Crippen molar-refractivity contribution in [2.75, 3.05) is 0 Å². The van der Waals surface area contributed by atoms with Gasteiger partial charge in [0.1, 0.15) is 0 Å². The van der Waals surface area contributed by atoms with Crippen molar-refractivity contribution in [3.8, 4) is 0 Å². The molecule has 0 N–H and O–H groups in total. The van der Waals surface area contributed by atoms with E-state index in [4.69, 9.17) is 0 Å². The molecular weight excluding hydrogens is 312 g/mol. The smallest absolute Gasteiger partial charge is 0.00555 e. The van der Waals surface area contributed by atoms with Gasteiger partial charge in [0.05, 0.1) is 0 Å². The summed E-state index contributed by atoms with van der Waals surface area (Å²) in [6.07, 6.45) is 17.7. The first kappa shape index (κ1) is 15.9. The summed E-state index contributed by atoms with van der Waals surface area (Å²) in [6.45, 7) is 0. The van der Waals surface area contributed by atoms with Crippen molar-refractivity contribution in [2.24, 2.45) is 5.92 Å². The zero-order chi connectivity index (χ0) is 17.3. The fourth-order valence-corrected chi connectivity index (χ4v) is 5.00. The van der Waals surface area contributed by atoms with Crippen LogP contribution in [0.25, 0.3) is 17.2 Å². The molecule has 0 radical (unpaired) electrons. The molecule has 0 bridgehead atoms. The number of benzene rings is 2. The van der Waals surface area contributed by atoms with E-state index in [1.165, 1.54) is 59.9 Å². The molecule has 3 aliphatic rings. The van der Waals surface area contributed by atoms with E-state index in [0.29, 0.717) is 5.92 Å². The van der Waals surface area contributed by atoms with Crippen LogP contribution >= 0.6 is 0 Å². The van der Waals surface area contributed by atoms with Gasteiger partial charge in [0.2, 0.25) is 0 Å². The van der Waals surface area contributed by atoms with Crippen LogP contribution in [0.2, 0.25) is 0 Å². The van der Waals surface area contributed by atoms with Gasteiger partial charge >= 0.3 is 0 Å². The van der Waals surface area contributed by atoms with Gasteiger partial charge in [-0.3, -0.25) is 0 Å². The van der Waals surface area contributed by atoms with E-state index in [9.17, 15) is 0 Å². The average Bonchev–Trinajstić information content (AvgIpc) is 3.36. The Morgan fingerprint density at radius 2 is 1.65 bits per heavy atom. The van der Waals surface area contributed by atoms with Gasteiger partial charge in [0, 0.05) is 5.92 Å². The van der Waals surface area contributed by atoms with E-state index in [2.05, 4.69) is 72.8 Å². The second-order valence-electron chi connectivity index (χ2n) is 8.03. The third kappa shape index (κ3) is 2.88. The second-order valence-corrected chi connectivity index (χ2v) is 8.03. The molecule has 0 spiro atoms. The number of allylic oxidation sites excluding steroid dienone is 5. The van der Waals surface area contributed by atoms with E-state index in [1.807, 2.05) is 0 Å². The van der Waals surface area contributed by atoms with E-state index in [-0.39, 0.29) is 0 Å². The molecule has 0 saturated heterocycles. The zero-order valence-corrected chi connectivity index (χ0v) is 15.3. The van der Waals surface area contributed by atoms with Gasteiger partial charge in [-0.2, -0.15) is 0 Å². The van der Waals surface area contributed by atoms with Gasteiger partial charge in [-0.1, -0.05) is 86.0 Å². The highest BCUT2D eigenvalue weighted by atomic mass is 14.3. The molecule has 0 nitrogen and oxygen atoms in total. The first-order chi connectivity index (χ1) is 12.9. The highest BCUT2D eigenvalue weighted by Gasteiger charge is 2.27. The Balaban J connectivity index is 1.39. The molecule has 2 aromatic rings. The predicted octanol–water partition coefficient (Wildman–Crippen LogP) is 7.25. The molecule has 0 aliphatic heterocycles. The quantitative estimate of drug-likeness (QED) is 0.553. The highest BCUT2D eigenvalue weighted by molar-refractivity contribution is 5.90. The first-order valence-electron chi connectivity index (χ1n) is 10.2. The Kier molecular flexibility index (Phi) is 4.13. The van der Waals surface area contributed by atoms with Crippen LogP contribution in [0.5, 0.6) is 0 Å². The van der Waals surface area contributed by atoms with Gasteiger partial charge in [-0.15, -0.1) is 0 Å². The predicted molar refractivity (Wildman–Crippen MR) is 112 cm³/mol. The summed E-state index contributed by atoms with van der Waals surface area (Å²) in [7, 11) is 0. The van der Waals surface area contributed by atoms with Crippen molar-refractivity contribution in [1.82, 2.24) is 0 Å². The summed E-state index contributed by atoms with van der Waals surface area (Å²) in [6, 6.07) is 17.9. The van der Waals surface area contributed by atoms with Crippen LogP contribution in [0.15, 0.2) is 66.8 Å². The van der Waals surface area contributed by atoms with Crippen molar-refractivity contribution in [2.45, 2.75) is 44.4 Å². The number of hydrogen-bond donors (Lipinski definition) is 0. The van der Waals surface area contributed by atoms with Crippen molar-refractivity contribution in [3.05, 3.63) is 89.0 Å². The van der Waals surface area contributed by atoms with Crippen LogP contribution in [0.3, 0.4) is 0 Å². The van der Waals surface area contributed by atoms with E-state index in [0.717, 1.165) is 12.3 Å². The van der Waals surface area contributed by atoms with Gasteiger partial charge < -0.3 is 0 Å². The maximum Gasteiger partial charge on any atom is 0.00555 e. The van der Waals surface area contributed by atoms with Crippen LogP contribution in [0.1, 0.15) is 66.7 Å². The van der Waals surface area contributed by atoms with Crippen LogP contribution in [0.4, 0.5) is 0 Å². The lowest BCUT2D eigenvalue weighted by molar-refractivity contribution is 0.334. The SMILES string of the molecule is C1=CC(C2CCCCC2)c2ccc(C3=CC(c4ccccc4)=CC3)cc21. The molecular formula is C26H26. The average molecular weight is 338 g/mol. The van der Waals surface area contributed by atoms with Crippen LogP contribution in [-0.4, -0.2) is 0 Å². The second kappa shape index (κ2) is 6.76. The summed E-state index contributed by atoms with van der Waals surface area (Å²) < 4.78 is 0. The van der Waals surface area contributed by atoms with Gasteiger partial charge in [-0.05, 0) is 64.6 Å². The third-order valence-electron chi connectivity index (χ3n) is 6.44. The molecule has 3 aliphatic carbocycles. The standard InChI is InChI=1S/C26H26/c1-3-7-19(8-4-1)21-11-12-22(17-21)23-13-15-26-24(18-23)14-16-25(26)20-9-5-2-6-10-20/h1,3-4,7-8,11,13-18,20,25H,2,5-6,9-10,12H2. The number of rotatable bonds is 3. The van der Waals surface area contributed by atoms with Crippen LogP contribution in [0, 0.1) is 5.92 Å². The fraction of sp³-hybridized carbons (Fsp3) is 0.308. The largest absolute Gasteiger partial charge is 0.0761 e. The molecule has 0 aromatic heterocycles. The molecule has 0 heterocycles. The van der Waals surface area contributed by atoms with Gasteiger partial charge in [0.25, 0.3) is 0 Å². The molecule has 26 heavy (non-hydrogen) atoms. The minimum absolute atomic E-state index is 0.662. The molecule has 5 rings (SSSR count). The lowest BCUT2D eigenvalue weighted by atomic mass is 9.77. The van der Waals surface area contributed by atoms with Gasteiger partial charge in [0.15, 0.2) is 0 Å². The Hall–Kier alpha value is -2.34. The molecule has 2 aromatic carbocycles. The van der Waals surface area contributed by atoms with Gasteiger partial charge in [-0.25, -0.2) is 0 Å². The molecule has 1 saturated carbocycles. The van der Waals surface area contributed by atoms with E-state index in [1.54, 1.807) is 5.56 Å². The molecule has 1 fully saturated rings. The summed E-state index contributed by atoms with van der Waals surface area (Å²) in [5.74, 6) is 1.53. The fourth-order valence-electron chi connectivity index (χ4n) is 5.00. The first-order valence-corrected chi connectivity index (χ1v) is 10.2. The molecule has 1 unspecified atom stereocenters. The summed E-state index contributed by atoms with van der Waals surface area (Å²) in [5.41, 5.74) is 8.53. The van der Waals surface area contributed by atoms with Crippen molar-refractivity contribution in [1.29, 1.82) is 0 Å². The minimum Gasteiger partial charge on any atom is -0.0761 e. The highest BCUT2D eigenvalue weighted by Crippen LogP contribution is 2.43. The maximum absolute atomic E-state index is 2.47. The topological polar surface area (TPSA) is 0 Å². The van der Waals surface area contributed by atoms with Crippen LogP contribution in [-0.2, 0) is 0 Å².